The minimum atomic E-state index is -0.364. The SMILES string of the molecule is O=C(Cc1ccccc1)N=Nc1c(O)n(CN(Cc2ccccc2)Cc2ccccc2)c2ccccc12. The van der Waals surface area contributed by atoms with Gasteiger partial charge in [-0.25, -0.2) is 0 Å². The predicted molar refractivity (Wildman–Crippen MR) is 145 cm³/mol. The van der Waals surface area contributed by atoms with Crippen LogP contribution in [0.25, 0.3) is 10.9 Å². The first-order valence-corrected chi connectivity index (χ1v) is 12.3. The van der Waals surface area contributed by atoms with Crippen LogP contribution in [-0.2, 0) is 31.0 Å². The summed E-state index contributed by atoms with van der Waals surface area (Å²) in [4.78, 5) is 14.7. The Morgan fingerprint density at radius 3 is 1.81 bits per heavy atom. The largest absolute Gasteiger partial charge is 0.493 e. The molecule has 0 atom stereocenters. The van der Waals surface area contributed by atoms with Gasteiger partial charge in [-0.3, -0.25) is 14.3 Å². The summed E-state index contributed by atoms with van der Waals surface area (Å²) < 4.78 is 1.83. The van der Waals surface area contributed by atoms with E-state index in [1.165, 1.54) is 11.1 Å². The Labute approximate surface area is 216 Å². The molecule has 0 spiro atoms. The molecule has 1 N–H and O–H groups in total. The molecule has 184 valence electrons. The zero-order valence-electron chi connectivity index (χ0n) is 20.4. The van der Waals surface area contributed by atoms with Crippen molar-refractivity contribution in [2.45, 2.75) is 26.2 Å². The van der Waals surface area contributed by atoms with Crippen molar-refractivity contribution in [1.29, 1.82) is 0 Å². The van der Waals surface area contributed by atoms with Gasteiger partial charge in [0.1, 0.15) is 0 Å². The van der Waals surface area contributed by atoms with Gasteiger partial charge in [-0.15, -0.1) is 10.2 Å². The second-order valence-electron chi connectivity index (χ2n) is 8.97. The topological polar surface area (TPSA) is 70.2 Å². The Morgan fingerprint density at radius 2 is 1.22 bits per heavy atom. The van der Waals surface area contributed by atoms with Crippen molar-refractivity contribution >= 4 is 22.5 Å². The molecule has 5 rings (SSSR count). The lowest BCUT2D eigenvalue weighted by molar-refractivity contribution is -0.117. The van der Waals surface area contributed by atoms with E-state index in [1.54, 1.807) is 0 Å². The molecule has 6 nitrogen and oxygen atoms in total. The van der Waals surface area contributed by atoms with Crippen LogP contribution in [0.5, 0.6) is 5.88 Å². The van der Waals surface area contributed by atoms with Gasteiger partial charge in [0.2, 0.25) is 5.88 Å². The molecule has 1 amide bonds. The third kappa shape index (κ3) is 6.00. The van der Waals surface area contributed by atoms with E-state index in [-0.39, 0.29) is 18.2 Å². The summed E-state index contributed by atoms with van der Waals surface area (Å²) >= 11 is 0. The number of fused-ring (bicyclic) bond motifs is 1. The number of rotatable bonds is 9. The average Bonchev–Trinajstić information content (AvgIpc) is 3.19. The van der Waals surface area contributed by atoms with E-state index in [4.69, 9.17) is 0 Å². The Bertz CT molecular complexity index is 1450. The Morgan fingerprint density at radius 1 is 0.703 bits per heavy atom. The van der Waals surface area contributed by atoms with Crippen molar-refractivity contribution < 1.29 is 9.90 Å². The van der Waals surface area contributed by atoms with Crippen molar-refractivity contribution in [3.8, 4) is 5.88 Å². The maximum absolute atomic E-state index is 12.5. The predicted octanol–water partition coefficient (Wildman–Crippen LogP) is 6.86. The minimum absolute atomic E-state index is 0.0106. The highest BCUT2D eigenvalue weighted by molar-refractivity contribution is 5.95. The lowest BCUT2D eigenvalue weighted by Gasteiger charge is -2.24. The second-order valence-corrected chi connectivity index (χ2v) is 8.97. The highest BCUT2D eigenvalue weighted by atomic mass is 16.3. The van der Waals surface area contributed by atoms with E-state index in [0.29, 0.717) is 25.4 Å². The maximum atomic E-state index is 12.5. The number of aromatic hydroxyl groups is 1. The number of benzene rings is 4. The molecule has 0 saturated carbocycles. The van der Waals surface area contributed by atoms with Crippen molar-refractivity contribution in [2.75, 3.05) is 0 Å². The van der Waals surface area contributed by atoms with Gasteiger partial charge in [0.15, 0.2) is 5.69 Å². The highest BCUT2D eigenvalue weighted by Crippen LogP contribution is 2.39. The third-order valence-electron chi connectivity index (χ3n) is 6.22. The third-order valence-corrected chi connectivity index (χ3v) is 6.22. The molecule has 0 radical (unpaired) electrons. The van der Waals surface area contributed by atoms with E-state index in [9.17, 15) is 9.90 Å². The van der Waals surface area contributed by atoms with Crippen LogP contribution in [0.4, 0.5) is 5.69 Å². The van der Waals surface area contributed by atoms with Crippen molar-refractivity contribution in [1.82, 2.24) is 9.47 Å². The molecule has 37 heavy (non-hydrogen) atoms. The van der Waals surface area contributed by atoms with Gasteiger partial charge in [-0.05, 0) is 22.8 Å². The Balaban J connectivity index is 1.44. The molecule has 6 heteroatoms. The quantitative estimate of drug-likeness (QED) is 0.230. The highest BCUT2D eigenvalue weighted by Gasteiger charge is 2.19. The fourth-order valence-corrected chi connectivity index (χ4v) is 4.46. The summed E-state index contributed by atoms with van der Waals surface area (Å²) in [5, 5.41) is 20.2. The van der Waals surface area contributed by atoms with Gasteiger partial charge in [-0.1, -0.05) is 109 Å². The maximum Gasteiger partial charge on any atom is 0.269 e. The van der Waals surface area contributed by atoms with E-state index in [0.717, 1.165) is 16.5 Å². The standard InChI is InChI=1S/C31H28N4O2/c36-29(20-24-12-4-1-5-13-24)32-33-30-27-18-10-11-19-28(27)35(31(30)37)23-34(21-25-14-6-2-7-15-25)22-26-16-8-3-9-17-26/h1-19,37H,20-23H2. The van der Waals surface area contributed by atoms with Gasteiger partial charge < -0.3 is 5.11 Å². The molecule has 1 aromatic heterocycles. The van der Waals surface area contributed by atoms with E-state index >= 15 is 0 Å². The summed E-state index contributed by atoms with van der Waals surface area (Å²) in [6.45, 7) is 1.84. The summed E-state index contributed by atoms with van der Waals surface area (Å²) in [6.07, 6.45) is 0.158. The zero-order chi connectivity index (χ0) is 25.5. The first kappa shape index (κ1) is 24.2. The number of amides is 1. The summed E-state index contributed by atoms with van der Waals surface area (Å²) in [5.41, 5.74) is 4.36. The van der Waals surface area contributed by atoms with Crippen LogP contribution in [0.3, 0.4) is 0 Å². The van der Waals surface area contributed by atoms with Crippen LogP contribution in [0, 0.1) is 0 Å². The molecular formula is C31H28N4O2. The van der Waals surface area contributed by atoms with Gasteiger partial charge in [-0.2, -0.15) is 0 Å². The zero-order valence-corrected chi connectivity index (χ0v) is 20.4. The Hall–Kier alpha value is -4.55. The molecule has 5 aromatic rings. The average molecular weight is 489 g/mol. The lowest BCUT2D eigenvalue weighted by Crippen LogP contribution is -2.25. The lowest BCUT2D eigenvalue weighted by atomic mass is 10.1. The smallest absolute Gasteiger partial charge is 0.269 e. The number of hydrogen-bond acceptors (Lipinski definition) is 4. The number of hydrogen-bond donors (Lipinski definition) is 1. The van der Waals surface area contributed by atoms with Crippen LogP contribution in [0.15, 0.2) is 125 Å². The number of para-hydroxylation sites is 1. The fourth-order valence-electron chi connectivity index (χ4n) is 4.46. The molecule has 0 bridgehead atoms. The fraction of sp³-hybridized carbons (Fsp3) is 0.129. The summed E-state index contributed by atoms with van der Waals surface area (Å²) in [7, 11) is 0. The van der Waals surface area contributed by atoms with Gasteiger partial charge in [0, 0.05) is 18.5 Å². The molecular weight excluding hydrogens is 460 g/mol. The van der Waals surface area contributed by atoms with Crippen LogP contribution in [0.2, 0.25) is 0 Å². The molecule has 4 aromatic carbocycles. The van der Waals surface area contributed by atoms with Crippen LogP contribution in [-0.4, -0.2) is 20.5 Å². The molecule has 0 saturated heterocycles. The van der Waals surface area contributed by atoms with E-state index in [1.807, 2.05) is 95.6 Å². The number of carbonyl (C=O) groups is 1. The number of nitrogens with zero attached hydrogens (tertiary/aromatic N) is 4. The summed E-state index contributed by atoms with van der Waals surface area (Å²) in [5.74, 6) is -0.374. The van der Waals surface area contributed by atoms with Gasteiger partial charge >= 0.3 is 0 Å². The van der Waals surface area contributed by atoms with Gasteiger partial charge in [0.25, 0.3) is 5.91 Å². The molecule has 0 aliphatic heterocycles. The van der Waals surface area contributed by atoms with Crippen LogP contribution in [0.1, 0.15) is 16.7 Å². The molecule has 0 unspecified atom stereocenters. The molecule has 0 aliphatic carbocycles. The summed E-state index contributed by atoms with van der Waals surface area (Å²) in [6, 6.07) is 37.6. The van der Waals surface area contributed by atoms with Crippen LogP contribution >= 0.6 is 0 Å². The van der Waals surface area contributed by atoms with Crippen LogP contribution < -0.4 is 0 Å². The molecule has 0 fully saturated rings. The van der Waals surface area contributed by atoms with Crippen molar-refractivity contribution in [3.63, 3.8) is 0 Å². The second kappa shape index (κ2) is 11.5. The van der Waals surface area contributed by atoms with E-state index in [2.05, 4.69) is 39.4 Å². The first-order valence-electron chi connectivity index (χ1n) is 12.3. The first-order chi connectivity index (χ1) is 18.2. The van der Waals surface area contributed by atoms with Gasteiger partial charge in [0.05, 0.1) is 18.6 Å². The minimum Gasteiger partial charge on any atom is -0.493 e. The molecule has 0 aliphatic rings. The van der Waals surface area contributed by atoms with E-state index < -0.39 is 0 Å². The number of carbonyl (C=O) groups excluding carboxylic acids is 1. The monoisotopic (exact) mass is 488 g/mol. The number of azo groups is 1. The normalized spacial score (nSPS) is 11.5. The van der Waals surface area contributed by atoms with Crippen molar-refractivity contribution in [2.24, 2.45) is 10.2 Å². The molecule has 1 heterocycles. The Kier molecular flexibility index (Phi) is 7.48. The number of aromatic nitrogens is 1. The van der Waals surface area contributed by atoms with Crippen molar-refractivity contribution in [3.05, 3.63) is 132 Å².